The highest BCUT2D eigenvalue weighted by Gasteiger charge is 2.19. The third-order valence-electron chi connectivity index (χ3n) is 4.82. The number of hydrogen-bond acceptors (Lipinski definition) is 5. The normalized spacial score (nSPS) is 11.1. The summed E-state index contributed by atoms with van der Waals surface area (Å²) in [6.45, 7) is 8.34. The fourth-order valence-electron chi connectivity index (χ4n) is 3.41. The molecule has 0 radical (unpaired) electrons. The number of allylic oxidation sites excluding steroid dienone is 1. The molecule has 0 spiro atoms. The van der Waals surface area contributed by atoms with Gasteiger partial charge in [0, 0.05) is 25.7 Å². The minimum absolute atomic E-state index is 0.0919. The Bertz CT molecular complexity index is 1310. The number of fused-ring (bicyclic) bond motifs is 1. The minimum Gasteiger partial charge on any atom is -0.453 e. The van der Waals surface area contributed by atoms with Gasteiger partial charge >= 0.3 is 0 Å². The van der Waals surface area contributed by atoms with Gasteiger partial charge < -0.3 is 9.73 Å². The third-order valence-corrected chi connectivity index (χ3v) is 6.90. The number of halogens is 2. The highest BCUT2D eigenvalue weighted by atomic mass is 127. The fraction of sp³-hybridized carbons (Fsp3) is 0.174. The lowest BCUT2D eigenvalue weighted by atomic mass is 10.1. The number of benzene rings is 2. The molecule has 0 unspecified atom stereocenters. The van der Waals surface area contributed by atoms with Gasteiger partial charge in [-0.1, -0.05) is 33.8 Å². The number of nitrogens with one attached hydrogen (secondary N) is 1. The van der Waals surface area contributed by atoms with Gasteiger partial charge in [0.25, 0.3) is 0 Å². The summed E-state index contributed by atoms with van der Waals surface area (Å²) in [4.78, 5) is 12.6. The fourth-order valence-corrected chi connectivity index (χ4v) is 5.47. The van der Waals surface area contributed by atoms with Crippen molar-refractivity contribution in [1.29, 1.82) is 0 Å². The number of nitrogens with zero attached hydrogens (tertiary/aromatic N) is 3. The molecule has 2 heterocycles. The van der Waals surface area contributed by atoms with Gasteiger partial charge in [0.1, 0.15) is 5.58 Å². The summed E-state index contributed by atoms with van der Waals surface area (Å²) in [6, 6.07) is 11.9. The Morgan fingerprint density at radius 2 is 2.00 bits per heavy atom. The molecular weight excluding hydrogens is 603 g/mol. The van der Waals surface area contributed by atoms with E-state index < -0.39 is 0 Å². The van der Waals surface area contributed by atoms with Gasteiger partial charge in [-0.2, -0.15) is 0 Å². The summed E-state index contributed by atoms with van der Waals surface area (Å²) >= 11 is 7.09. The summed E-state index contributed by atoms with van der Waals surface area (Å²) in [6.07, 6.45) is 1.77. The van der Waals surface area contributed by atoms with Gasteiger partial charge in [0.05, 0.1) is 5.75 Å². The lowest BCUT2D eigenvalue weighted by Gasteiger charge is -2.12. The average Bonchev–Trinajstić information content (AvgIpc) is 3.32. The Balaban J connectivity index is 1.53. The van der Waals surface area contributed by atoms with Crippen molar-refractivity contribution in [3.05, 3.63) is 68.2 Å². The van der Waals surface area contributed by atoms with E-state index in [1.165, 1.54) is 11.8 Å². The Labute approximate surface area is 212 Å². The molecule has 2 aromatic carbocycles. The van der Waals surface area contributed by atoms with E-state index in [1.54, 1.807) is 6.08 Å². The van der Waals surface area contributed by atoms with Gasteiger partial charge in [0.2, 0.25) is 11.7 Å². The molecular formula is C23H20BrIN4O2S. The number of aryl methyl sites for hydroxylation is 2. The Kier molecular flexibility index (Phi) is 7.06. The van der Waals surface area contributed by atoms with Gasteiger partial charge in [-0.3, -0.25) is 9.36 Å². The number of furan rings is 1. The molecule has 1 N–H and O–H groups in total. The number of carbonyl (C=O) groups is 1. The average molecular weight is 623 g/mol. The van der Waals surface area contributed by atoms with E-state index >= 15 is 0 Å². The lowest BCUT2D eigenvalue weighted by Crippen LogP contribution is -2.16. The maximum absolute atomic E-state index is 12.6. The number of amides is 1. The maximum atomic E-state index is 12.6. The Morgan fingerprint density at radius 3 is 2.72 bits per heavy atom. The standard InChI is InChI=1S/C23H20BrIN4O2S/c1-4-7-29-22(19-11-15-10-16(24)5-6-18(15)31-19)27-28-23(29)32-12-20(30)26-21-13(2)8-17(25)9-14(21)3/h4-6,8-11H,1,7,12H2,2-3H3,(H,26,30). The molecule has 6 nitrogen and oxygen atoms in total. The van der Waals surface area contributed by atoms with Crippen LogP contribution in [0.5, 0.6) is 0 Å². The van der Waals surface area contributed by atoms with Crippen LogP contribution in [0.2, 0.25) is 0 Å². The zero-order valence-corrected chi connectivity index (χ0v) is 22.0. The first-order chi connectivity index (χ1) is 15.4. The molecule has 4 rings (SSSR count). The van der Waals surface area contributed by atoms with Crippen LogP contribution < -0.4 is 5.32 Å². The third kappa shape index (κ3) is 4.94. The van der Waals surface area contributed by atoms with Crippen LogP contribution in [-0.4, -0.2) is 26.4 Å². The number of rotatable bonds is 7. The van der Waals surface area contributed by atoms with E-state index in [2.05, 4.69) is 72.7 Å². The van der Waals surface area contributed by atoms with Crippen molar-refractivity contribution >= 4 is 72.8 Å². The van der Waals surface area contributed by atoms with Gasteiger partial charge in [0.15, 0.2) is 10.9 Å². The van der Waals surface area contributed by atoms with Crippen molar-refractivity contribution in [2.24, 2.45) is 0 Å². The molecule has 0 aliphatic carbocycles. The van der Waals surface area contributed by atoms with E-state index in [4.69, 9.17) is 4.42 Å². The van der Waals surface area contributed by atoms with Crippen molar-refractivity contribution in [2.45, 2.75) is 25.5 Å². The summed E-state index contributed by atoms with van der Waals surface area (Å²) in [7, 11) is 0. The maximum Gasteiger partial charge on any atom is 0.234 e. The molecule has 0 aliphatic heterocycles. The molecule has 32 heavy (non-hydrogen) atoms. The summed E-state index contributed by atoms with van der Waals surface area (Å²) in [5.41, 5.74) is 3.72. The molecule has 9 heteroatoms. The van der Waals surface area contributed by atoms with Crippen LogP contribution >= 0.6 is 50.3 Å². The minimum atomic E-state index is -0.0919. The largest absolute Gasteiger partial charge is 0.453 e. The van der Waals surface area contributed by atoms with Crippen molar-refractivity contribution in [2.75, 3.05) is 11.1 Å². The predicted octanol–water partition coefficient (Wildman–Crippen LogP) is 6.59. The molecule has 0 aliphatic rings. The van der Waals surface area contributed by atoms with Crippen LogP contribution in [-0.2, 0) is 11.3 Å². The number of aromatic nitrogens is 3. The molecule has 164 valence electrons. The highest BCUT2D eigenvalue weighted by Crippen LogP contribution is 2.31. The van der Waals surface area contributed by atoms with Crippen molar-refractivity contribution in [3.63, 3.8) is 0 Å². The van der Waals surface area contributed by atoms with E-state index in [1.807, 2.05) is 42.7 Å². The Morgan fingerprint density at radius 1 is 1.25 bits per heavy atom. The molecule has 0 fully saturated rings. The molecule has 0 saturated carbocycles. The monoisotopic (exact) mass is 622 g/mol. The van der Waals surface area contributed by atoms with Crippen LogP contribution in [0.4, 0.5) is 5.69 Å². The van der Waals surface area contributed by atoms with Crippen LogP contribution in [0, 0.1) is 17.4 Å². The first kappa shape index (κ1) is 23.1. The molecule has 0 atom stereocenters. The quantitative estimate of drug-likeness (QED) is 0.143. The molecule has 0 saturated heterocycles. The second kappa shape index (κ2) is 9.80. The van der Waals surface area contributed by atoms with Crippen molar-refractivity contribution in [3.8, 4) is 11.6 Å². The van der Waals surface area contributed by atoms with E-state index in [0.29, 0.717) is 23.3 Å². The smallest absolute Gasteiger partial charge is 0.234 e. The first-order valence-electron chi connectivity index (χ1n) is 9.78. The molecule has 0 bridgehead atoms. The molecule has 2 aromatic heterocycles. The SMILES string of the molecule is C=CCn1c(SCC(=O)Nc2c(C)cc(I)cc2C)nnc1-c1cc2cc(Br)ccc2o1. The van der Waals surface area contributed by atoms with Gasteiger partial charge in [-0.15, -0.1) is 16.8 Å². The number of carbonyl (C=O) groups excluding carboxylic acids is 1. The second-order valence-electron chi connectivity index (χ2n) is 7.25. The number of anilines is 1. The lowest BCUT2D eigenvalue weighted by molar-refractivity contribution is -0.113. The van der Waals surface area contributed by atoms with Gasteiger partial charge in [-0.25, -0.2) is 0 Å². The topological polar surface area (TPSA) is 73.0 Å². The van der Waals surface area contributed by atoms with Crippen LogP contribution in [0.3, 0.4) is 0 Å². The van der Waals surface area contributed by atoms with E-state index in [9.17, 15) is 4.79 Å². The van der Waals surface area contributed by atoms with Crippen molar-refractivity contribution < 1.29 is 9.21 Å². The second-order valence-corrected chi connectivity index (χ2v) is 10.4. The summed E-state index contributed by atoms with van der Waals surface area (Å²) in [5.74, 6) is 1.34. The summed E-state index contributed by atoms with van der Waals surface area (Å²) in [5, 5.41) is 13.3. The molecule has 4 aromatic rings. The number of hydrogen-bond donors (Lipinski definition) is 1. The highest BCUT2D eigenvalue weighted by molar-refractivity contribution is 14.1. The van der Waals surface area contributed by atoms with Crippen LogP contribution in [0.25, 0.3) is 22.6 Å². The molecule has 1 amide bonds. The van der Waals surface area contributed by atoms with Crippen LogP contribution in [0.15, 0.2) is 63.1 Å². The van der Waals surface area contributed by atoms with Crippen LogP contribution in [0.1, 0.15) is 11.1 Å². The summed E-state index contributed by atoms with van der Waals surface area (Å²) < 4.78 is 10.0. The first-order valence-corrected chi connectivity index (χ1v) is 12.6. The zero-order chi connectivity index (χ0) is 22.8. The zero-order valence-electron chi connectivity index (χ0n) is 17.5. The van der Waals surface area contributed by atoms with E-state index in [0.717, 1.165) is 35.8 Å². The van der Waals surface area contributed by atoms with Gasteiger partial charge in [-0.05, 0) is 84.0 Å². The van der Waals surface area contributed by atoms with E-state index in [-0.39, 0.29) is 11.7 Å². The van der Waals surface area contributed by atoms with Crippen molar-refractivity contribution in [1.82, 2.24) is 14.8 Å². The Hall–Kier alpha value is -2.11. The number of thioether (sulfide) groups is 1. The predicted molar refractivity (Wildman–Crippen MR) is 141 cm³/mol.